The average molecular weight is 955 g/mol. The second-order valence-electron chi connectivity index (χ2n) is 20.9. The molecule has 4 aliphatic rings. The maximum atomic E-state index is 13.4. The molecule has 13 heteroatoms. The van der Waals surface area contributed by atoms with E-state index in [0.717, 1.165) is 83.3 Å². The van der Waals surface area contributed by atoms with E-state index in [1.807, 2.05) is 33.9 Å². The first-order valence-corrected chi connectivity index (χ1v) is 24.5. The number of nitrogens with zero attached hydrogens (tertiary/aromatic N) is 6. The molecule has 2 saturated heterocycles. The van der Waals surface area contributed by atoms with Gasteiger partial charge in [0.25, 0.3) is 0 Å². The highest BCUT2D eigenvalue weighted by Crippen LogP contribution is 2.47. The molecule has 0 radical (unpaired) electrons. The lowest BCUT2D eigenvalue weighted by atomic mass is 9.82. The summed E-state index contributed by atoms with van der Waals surface area (Å²) in [5.41, 5.74) is 14.9. The number of carboxylic acid groups (broad SMARTS) is 1. The number of fused-ring (bicyclic) bond motifs is 2. The zero-order valence-corrected chi connectivity index (χ0v) is 40.5. The van der Waals surface area contributed by atoms with Gasteiger partial charge in [-0.15, -0.1) is 0 Å². The number of amides is 1. The summed E-state index contributed by atoms with van der Waals surface area (Å²) in [5, 5.41) is 22.6. The lowest BCUT2D eigenvalue weighted by Gasteiger charge is -2.32. The van der Waals surface area contributed by atoms with E-state index < -0.39 is 5.97 Å². The van der Waals surface area contributed by atoms with Crippen LogP contribution in [0.1, 0.15) is 76.6 Å². The number of nitrogens with one attached hydrogen (secondary N) is 1. The van der Waals surface area contributed by atoms with Gasteiger partial charge < -0.3 is 26.0 Å². The van der Waals surface area contributed by atoms with E-state index in [0.29, 0.717) is 0 Å². The van der Waals surface area contributed by atoms with E-state index in [2.05, 4.69) is 138 Å². The van der Waals surface area contributed by atoms with Crippen LogP contribution >= 0.6 is 0 Å². The van der Waals surface area contributed by atoms with Crippen molar-refractivity contribution in [2.45, 2.75) is 77.5 Å². The maximum Gasteiger partial charge on any atom is 0.306 e. The van der Waals surface area contributed by atoms with Crippen LogP contribution < -0.4 is 20.9 Å². The van der Waals surface area contributed by atoms with Crippen molar-refractivity contribution in [2.24, 2.45) is 28.4 Å². The van der Waals surface area contributed by atoms with Gasteiger partial charge in [-0.05, 0) is 127 Å². The van der Waals surface area contributed by atoms with Gasteiger partial charge in [-0.2, -0.15) is 10.2 Å². The number of aromatic nitrogens is 4. The predicted molar refractivity (Wildman–Crippen MR) is 276 cm³/mol. The monoisotopic (exact) mass is 954 g/mol. The highest BCUT2D eigenvalue weighted by molar-refractivity contribution is 5.86. The SMILES string of the molecule is CC1(C)CN(c2ccc3c(cnn3-c3ccc(F)cc3)c2)[C@H](c2ccccc2)C1N.CC1(C)CN(c2ccc3c(cnn3-c3ccc(F)cc3)c2)[C@H](c2ccccc2)[C@H]1NC(=O)C1CC1.O=C(O)C1CC1. The summed E-state index contributed by atoms with van der Waals surface area (Å²) >= 11 is 0. The van der Waals surface area contributed by atoms with Gasteiger partial charge in [-0.1, -0.05) is 88.4 Å². The summed E-state index contributed by atoms with van der Waals surface area (Å²) in [6.07, 6.45) is 7.50. The van der Waals surface area contributed by atoms with E-state index in [4.69, 9.17) is 10.8 Å². The summed E-state index contributed by atoms with van der Waals surface area (Å²) in [4.78, 5) is 27.4. The number of benzene rings is 6. The lowest BCUT2D eigenvalue weighted by molar-refractivity contribution is -0.138. The van der Waals surface area contributed by atoms with Crippen molar-refractivity contribution in [3.8, 4) is 11.4 Å². The summed E-state index contributed by atoms with van der Waals surface area (Å²) in [6, 6.07) is 46.6. The molecule has 0 bridgehead atoms. The number of anilines is 2. The molecule has 4 fully saturated rings. The number of hydrogen-bond donors (Lipinski definition) is 3. The second kappa shape index (κ2) is 19.1. The van der Waals surface area contributed by atoms with Gasteiger partial charge in [0.05, 0.1) is 58.8 Å². The number of carbonyl (C=O) groups excluding carboxylic acids is 1. The molecule has 11 nitrogen and oxygen atoms in total. The third kappa shape index (κ3) is 9.88. The number of hydrogen-bond acceptors (Lipinski definition) is 7. The van der Waals surface area contributed by atoms with Gasteiger partial charge in [0.1, 0.15) is 11.6 Å². The van der Waals surface area contributed by atoms with Crippen LogP contribution in [0.5, 0.6) is 0 Å². The average Bonchev–Trinajstić information content (AvgIpc) is 4.29. The molecule has 1 unspecified atom stereocenters. The third-order valence-corrected chi connectivity index (χ3v) is 14.6. The second-order valence-corrected chi connectivity index (χ2v) is 20.9. The van der Waals surface area contributed by atoms with Crippen LogP contribution in [0.15, 0.2) is 158 Å². The quantitative estimate of drug-likeness (QED) is 0.130. The van der Waals surface area contributed by atoms with E-state index in [1.54, 1.807) is 24.3 Å². The Labute approximate surface area is 412 Å². The molecule has 364 valence electrons. The first kappa shape index (κ1) is 47.3. The minimum Gasteiger partial charge on any atom is -0.481 e. The Morgan fingerprint density at radius 2 is 1.00 bits per heavy atom. The number of halogens is 2. The topological polar surface area (TPSA) is 135 Å². The molecular formula is C58H60F2N8O3. The van der Waals surface area contributed by atoms with E-state index >= 15 is 0 Å². The van der Waals surface area contributed by atoms with Crippen LogP contribution in [0.4, 0.5) is 20.2 Å². The van der Waals surface area contributed by atoms with E-state index in [1.165, 1.54) is 35.4 Å². The van der Waals surface area contributed by atoms with Crippen LogP contribution in [0, 0.1) is 34.3 Å². The van der Waals surface area contributed by atoms with Gasteiger partial charge in [-0.3, -0.25) is 9.59 Å². The minimum absolute atomic E-state index is 0.00404. The van der Waals surface area contributed by atoms with Gasteiger partial charge in [0.2, 0.25) is 5.91 Å². The molecule has 6 aromatic carbocycles. The van der Waals surface area contributed by atoms with E-state index in [9.17, 15) is 18.4 Å². The minimum atomic E-state index is -0.630. The number of aliphatic carboxylic acids is 1. The smallest absolute Gasteiger partial charge is 0.306 e. The van der Waals surface area contributed by atoms with Gasteiger partial charge in [-0.25, -0.2) is 18.1 Å². The molecule has 12 rings (SSSR count). The Balaban J connectivity index is 0.000000148. The number of rotatable bonds is 9. The van der Waals surface area contributed by atoms with Crippen LogP contribution in [0.2, 0.25) is 0 Å². The molecule has 8 aromatic rings. The van der Waals surface area contributed by atoms with Crippen LogP contribution in [0.25, 0.3) is 33.2 Å². The first-order valence-electron chi connectivity index (χ1n) is 24.5. The fourth-order valence-electron chi connectivity index (χ4n) is 10.3. The van der Waals surface area contributed by atoms with E-state index in [-0.39, 0.29) is 64.4 Å². The molecule has 0 spiro atoms. The molecule has 4 heterocycles. The third-order valence-electron chi connectivity index (χ3n) is 14.6. The molecule has 4 atom stereocenters. The van der Waals surface area contributed by atoms with Crippen molar-refractivity contribution in [2.75, 3.05) is 22.9 Å². The van der Waals surface area contributed by atoms with Crippen LogP contribution in [-0.2, 0) is 9.59 Å². The largest absolute Gasteiger partial charge is 0.481 e. The standard InChI is InChI=1S/C29H29FN4O.C25H25FN4.C4H6O2/c1-29(2)18-33(26(19-6-4-3-5-7-19)27(29)32-28(35)20-8-9-20)24-14-15-25-21(16-24)17-31-34(25)23-12-10-22(30)11-13-23;1-25(2)16-29(23(24(25)27)17-6-4-3-5-7-17)21-12-13-22-18(14-21)15-28-30(22)20-10-8-19(26)9-11-20;5-4(6)3-1-2-3/h3-7,10-17,20,26-27H,8-9,18H2,1-2H3,(H,32,35);3-15,23-24H,16,27H2,1-2H3;3H,1-2H2,(H,5,6)/t26-,27-;23-,24?;/m11./s1. The predicted octanol–water partition coefficient (Wildman–Crippen LogP) is 11.2. The first-order chi connectivity index (χ1) is 34.1. The van der Waals surface area contributed by atoms with Gasteiger partial charge in [0.15, 0.2) is 0 Å². The summed E-state index contributed by atoms with van der Waals surface area (Å²) in [5.74, 6) is -0.774. The Kier molecular flexibility index (Phi) is 12.7. The van der Waals surface area contributed by atoms with Crippen LogP contribution in [-0.4, -0.2) is 61.7 Å². The van der Waals surface area contributed by atoms with Crippen molar-refractivity contribution < 1.29 is 23.5 Å². The Bertz CT molecular complexity index is 3170. The summed E-state index contributed by atoms with van der Waals surface area (Å²) in [6.45, 7) is 10.7. The Morgan fingerprint density at radius 1 is 0.577 bits per heavy atom. The molecule has 2 aliphatic heterocycles. The summed E-state index contributed by atoms with van der Waals surface area (Å²) in [7, 11) is 0. The highest BCUT2D eigenvalue weighted by atomic mass is 19.1. The summed E-state index contributed by atoms with van der Waals surface area (Å²) < 4.78 is 30.4. The lowest BCUT2D eigenvalue weighted by Crippen LogP contribution is -2.46. The zero-order valence-electron chi connectivity index (χ0n) is 40.5. The van der Waals surface area contributed by atoms with Crippen molar-refractivity contribution in [1.82, 2.24) is 24.9 Å². The molecule has 2 saturated carbocycles. The van der Waals surface area contributed by atoms with Crippen molar-refractivity contribution >= 4 is 45.1 Å². The molecule has 4 N–H and O–H groups in total. The Morgan fingerprint density at radius 3 is 1.44 bits per heavy atom. The number of nitrogens with two attached hydrogens (primary N) is 1. The number of carboxylic acids is 1. The Hall–Kier alpha value is -7.38. The fourth-order valence-corrected chi connectivity index (χ4v) is 10.3. The number of carbonyl (C=O) groups is 2. The molecule has 2 aliphatic carbocycles. The zero-order chi connectivity index (χ0) is 49.6. The highest BCUT2D eigenvalue weighted by Gasteiger charge is 2.50. The van der Waals surface area contributed by atoms with Gasteiger partial charge in [0, 0.05) is 52.6 Å². The molecule has 71 heavy (non-hydrogen) atoms. The molecule has 2 aromatic heterocycles. The molecular weight excluding hydrogens is 895 g/mol. The van der Waals surface area contributed by atoms with Crippen molar-refractivity contribution in [3.63, 3.8) is 0 Å². The van der Waals surface area contributed by atoms with Gasteiger partial charge >= 0.3 is 5.97 Å². The normalized spacial score (nSPS) is 21.1. The van der Waals surface area contributed by atoms with Crippen molar-refractivity contribution in [1.29, 1.82) is 0 Å². The fraction of sp³-hybridized carbons (Fsp3) is 0.310. The van der Waals surface area contributed by atoms with Crippen molar-refractivity contribution in [3.05, 3.63) is 181 Å². The van der Waals surface area contributed by atoms with Crippen LogP contribution in [0.3, 0.4) is 0 Å². The molecule has 1 amide bonds. The maximum absolute atomic E-state index is 13.4.